The highest BCUT2D eigenvalue weighted by Gasteiger charge is 2.17. The van der Waals surface area contributed by atoms with E-state index in [0.717, 1.165) is 16.7 Å². The van der Waals surface area contributed by atoms with Crippen LogP contribution in [0.1, 0.15) is 5.56 Å². The number of nitrogens with one attached hydrogen (secondary N) is 1. The van der Waals surface area contributed by atoms with Crippen LogP contribution in [0.3, 0.4) is 0 Å². The number of aromatic amines is 1. The van der Waals surface area contributed by atoms with Crippen molar-refractivity contribution < 1.29 is 4.39 Å². The number of nitrogens with zero attached hydrogens (tertiary/aromatic N) is 1. The average molecular weight is 346 g/mol. The monoisotopic (exact) mass is 345 g/mol. The molecule has 3 nitrogen and oxygen atoms in total. The molecule has 0 bridgehead atoms. The zero-order valence-corrected chi connectivity index (χ0v) is 12.9. The molecule has 3 rings (SSSR count). The van der Waals surface area contributed by atoms with Crippen LogP contribution in [0.2, 0.25) is 0 Å². The maximum Gasteiger partial charge on any atom is 0.153 e. The van der Waals surface area contributed by atoms with E-state index in [4.69, 9.17) is 5.73 Å². The Morgan fingerprint density at radius 3 is 2.52 bits per heavy atom. The van der Waals surface area contributed by atoms with Crippen LogP contribution < -0.4 is 5.73 Å². The van der Waals surface area contributed by atoms with Crippen LogP contribution in [-0.4, -0.2) is 10.2 Å². The summed E-state index contributed by atoms with van der Waals surface area (Å²) in [6.07, 6.45) is 0. The Bertz CT molecular complexity index is 794. The third kappa shape index (κ3) is 2.56. The van der Waals surface area contributed by atoms with Gasteiger partial charge < -0.3 is 5.73 Å². The summed E-state index contributed by atoms with van der Waals surface area (Å²) in [5.74, 6) is 0.0255. The molecule has 3 aromatic rings. The van der Waals surface area contributed by atoms with Crippen LogP contribution in [0.15, 0.2) is 46.9 Å². The molecular formula is C16H13BrFN3. The van der Waals surface area contributed by atoms with Crippen molar-refractivity contribution in [2.24, 2.45) is 0 Å². The molecule has 0 radical (unpaired) electrons. The van der Waals surface area contributed by atoms with Crippen LogP contribution in [0.25, 0.3) is 22.4 Å². The van der Waals surface area contributed by atoms with Crippen LogP contribution in [0.4, 0.5) is 10.2 Å². The van der Waals surface area contributed by atoms with E-state index in [9.17, 15) is 4.39 Å². The highest BCUT2D eigenvalue weighted by Crippen LogP contribution is 2.36. The molecule has 0 aliphatic carbocycles. The number of nitrogen functional groups attached to an aromatic ring is 1. The van der Waals surface area contributed by atoms with Gasteiger partial charge in [-0.25, -0.2) is 4.39 Å². The molecule has 1 aromatic heterocycles. The smallest absolute Gasteiger partial charge is 0.153 e. The topological polar surface area (TPSA) is 54.7 Å². The van der Waals surface area contributed by atoms with Gasteiger partial charge in [0.1, 0.15) is 5.82 Å². The summed E-state index contributed by atoms with van der Waals surface area (Å²) in [7, 11) is 0. The highest BCUT2D eigenvalue weighted by atomic mass is 79.9. The van der Waals surface area contributed by atoms with Gasteiger partial charge in [-0.05, 0) is 30.7 Å². The summed E-state index contributed by atoms with van der Waals surface area (Å²) in [5, 5.41) is 6.86. The molecule has 0 aliphatic rings. The summed E-state index contributed by atoms with van der Waals surface area (Å²) < 4.78 is 14.9. The Morgan fingerprint density at radius 2 is 1.86 bits per heavy atom. The lowest BCUT2D eigenvalue weighted by Crippen LogP contribution is -1.90. The first-order valence-corrected chi connectivity index (χ1v) is 7.22. The fourth-order valence-corrected chi connectivity index (χ4v) is 2.59. The number of halogens is 2. The molecule has 0 aliphatic heterocycles. The van der Waals surface area contributed by atoms with Crippen LogP contribution in [-0.2, 0) is 0 Å². The minimum atomic E-state index is -0.332. The Labute approximate surface area is 130 Å². The molecule has 0 unspecified atom stereocenters. The summed E-state index contributed by atoms with van der Waals surface area (Å²) >= 11 is 3.25. The fraction of sp³-hybridized carbons (Fsp3) is 0.0625. The minimum absolute atomic E-state index is 0.332. The quantitative estimate of drug-likeness (QED) is 0.716. The molecule has 5 heteroatoms. The van der Waals surface area contributed by atoms with Crippen molar-refractivity contribution in [3.63, 3.8) is 0 Å². The lowest BCUT2D eigenvalue weighted by Gasteiger charge is -2.07. The molecule has 0 atom stereocenters. The highest BCUT2D eigenvalue weighted by molar-refractivity contribution is 9.10. The molecule has 3 N–H and O–H groups in total. The predicted octanol–water partition coefficient (Wildman–Crippen LogP) is 4.54. The number of aromatic nitrogens is 2. The summed E-state index contributed by atoms with van der Waals surface area (Å²) in [6, 6.07) is 12.8. The molecule has 0 spiro atoms. The van der Waals surface area contributed by atoms with E-state index in [0.29, 0.717) is 21.5 Å². The Balaban J connectivity index is 2.19. The SMILES string of the molecule is Cc1ccc(-c2c(N)n[nH]c2-c2ccc(Br)cc2F)cc1. The van der Waals surface area contributed by atoms with Crippen molar-refractivity contribution in [3.8, 4) is 22.4 Å². The third-order valence-corrected chi connectivity index (χ3v) is 3.83. The van der Waals surface area contributed by atoms with Gasteiger partial charge in [-0.1, -0.05) is 45.8 Å². The largest absolute Gasteiger partial charge is 0.382 e. The van der Waals surface area contributed by atoms with Crippen molar-refractivity contribution in [2.75, 3.05) is 5.73 Å². The van der Waals surface area contributed by atoms with E-state index < -0.39 is 0 Å². The summed E-state index contributed by atoms with van der Waals surface area (Å²) in [4.78, 5) is 0. The molecule has 1 heterocycles. The summed E-state index contributed by atoms with van der Waals surface area (Å²) in [5.41, 5.74) is 9.76. The van der Waals surface area contributed by atoms with Gasteiger partial charge >= 0.3 is 0 Å². The van der Waals surface area contributed by atoms with Crippen molar-refractivity contribution >= 4 is 21.7 Å². The van der Waals surface area contributed by atoms with Crippen molar-refractivity contribution in [3.05, 3.63) is 58.3 Å². The first kappa shape index (κ1) is 13.8. The van der Waals surface area contributed by atoms with Gasteiger partial charge in [0.15, 0.2) is 5.82 Å². The third-order valence-electron chi connectivity index (χ3n) is 3.34. The minimum Gasteiger partial charge on any atom is -0.382 e. The van der Waals surface area contributed by atoms with E-state index in [1.165, 1.54) is 6.07 Å². The van der Waals surface area contributed by atoms with Gasteiger partial charge in [0.25, 0.3) is 0 Å². The zero-order chi connectivity index (χ0) is 15.0. The predicted molar refractivity (Wildman–Crippen MR) is 86.3 cm³/mol. The Kier molecular flexibility index (Phi) is 3.51. The number of benzene rings is 2. The van der Waals surface area contributed by atoms with Gasteiger partial charge in [-0.2, -0.15) is 5.10 Å². The number of hydrogen-bond donors (Lipinski definition) is 2. The molecule has 21 heavy (non-hydrogen) atoms. The lowest BCUT2D eigenvalue weighted by atomic mass is 10.00. The molecule has 0 saturated carbocycles. The first-order valence-electron chi connectivity index (χ1n) is 6.42. The number of hydrogen-bond acceptors (Lipinski definition) is 2. The summed E-state index contributed by atoms with van der Waals surface area (Å²) in [6.45, 7) is 2.01. The second-order valence-electron chi connectivity index (χ2n) is 4.85. The van der Waals surface area contributed by atoms with Gasteiger partial charge in [0, 0.05) is 10.0 Å². The van der Waals surface area contributed by atoms with Gasteiger partial charge in [-0.15, -0.1) is 0 Å². The van der Waals surface area contributed by atoms with E-state index in [1.54, 1.807) is 12.1 Å². The van der Waals surface area contributed by atoms with Gasteiger partial charge in [0.2, 0.25) is 0 Å². The number of rotatable bonds is 2. The fourth-order valence-electron chi connectivity index (χ4n) is 2.26. The second kappa shape index (κ2) is 5.33. The van der Waals surface area contributed by atoms with Crippen molar-refractivity contribution in [1.29, 1.82) is 0 Å². The number of aryl methyl sites for hydroxylation is 1. The molecule has 0 fully saturated rings. The van der Waals surface area contributed by atoms with E-state index in [-0.39, 0.29) is 5.82 Å². The van der Waals surface area contributed by atoms with Crippen molar-refractivity contribution in [1.82, 2.24) is 10.2 Å². The second-order valence-corrected chi connectivity index (χ2v) is 5.76. The number of nitrogens with two attached hydrogens (primary N) is 1. The molecule has 0 amide bonds. The van der Waals surface area contributed by atoms with Crippen LogP contribution in [0, 0.1) is 12.7 Å². The zero-order valence-electron chi connectivity index (χ0n) is 11.3. The molecule has 2 aromatic carbocycles. The standard InChI is InChI=1S/C16H13BrFN3/c1-9-2-4-10(5-3-9)14-15(20-21-16(14)19)12-7-6-11(17)8-13(12)18/h2-8H,1H3,(H3,19,20,21). The van der Waals surface area contributed by atoms with Gasteiger partial charge in [0.05, 0.1) is 11.3 Å². The van der Waals surface area contributed by atoms with E-state index in [2.05, 4.69) is 26.1 Å². The number of H-pyrrole nitrogens is 1. The van der Waals surface area contributed by atoms with Gasteiger partial charge in [-0.3, -0.25) is 5.10 Å². The Hall–Kier alpha value is -2.14. The number of anilines is 1. The van der Waals surface area contributed by atoms with Crippen LogP contribution >= 0.6 is 15.9 Å². The maximum absolute atomic E-state index is 14.2. The van der Waals surface area contributed by atoms with Crippen molar-refractivity contribution in [2.45, 2.75) is 6.92 Å². The normalized spacial score (nSPS) is 10.8. The molecule has 106 valence electrons. The maximum atomic E-state index is 14.2. The van der Waals surface area contributed by atoms with E-state index in [1.807, 2.05) is 31.2 Å². The molecular weight excluding hydrogens is 333 g/mol. The Morgan fingerprint density at radius 1 is 1.14 bits per heavy atom. The first-order chi connectivity index (χ1) is 10.1. The lowest BCUT2D eigenvalue weighted by molar-refractivity contribution is 0.630. The van der Waals surface area contributed by atoms with E-state index >= 15 is 0 Å². The average Bonchev–Trinajstić information content (AvgIpc) is 2.82. The van der Waals surface area contributed by atoms with Crippen LogP contribution in [0.5, 0.6) is 0 Å². The molecule has 0 saturated heterocycles.